The van der Waals surface area contributed by atoms with E-state index in [1.807, 2.05) is 18.5 Å². The van der Waals surface area contributed by atoms with Crippen molar-refractivity contribution >= 4 is 34.1 Å². The van der Waals surface area contributed by atoms with Crippen LogP contribution in [-0.4, -0.2) is 68.2 Å². The molecular weight excluding hydrogens is 440 g/mol. The summed E-state index contributed by atoms with van der Waals surface area (Å²) in [6.45, 7) is 5.01. The number of nitrogens with zero attached hydrogens (tertiary/aromatic N) is 5. The number of fused-ring (bicyclic) bond motifs is 1. The predicted molar refractivity (Wildman–Crippen MR) is 127 cm³/mol. The minimum Gasteiger partial charge on any atom is -0.389 e. The smallest absolute Gasteiger partial charge is 0.227 e. The molecule has 1 aromatic carbocycles. The predicted octanol–water partition coefficient (Wildman–Crippen LogP) is 3.81. The molecule has 0 amide bonds. The molecule has 2 aromatic heterocycles. The van der Waals surface area contributed by atoms with E-state index in [-0.39, 0.29) is 12.1 Å². The Morgan fingerprint density at radius 1 is 1.12 bits per heavy atom. The maximum Gasteiger partial charge on any atom is 0.227 e. The minimum atomic E-state index is -0.381. The molecule has 0 spiro atoms. The molecule has 174 valence electrons. The van der Waals surface area contributed by atoms with Crippen LogP contribution in [0.3, 0.4) is 0 Å². The van der Waals surface area contributed by atoms with Crippen LogP contribution >= 0.6 is 11.6 Å². The van der Waals surface area contributed by atoms with Crippen molar-refractivity contribution in [3.63, 3.8) is 0 Å². The lowest BCUT2D eigenvalue weighted by molar-refractivity contribution is 0.0663. The van der Waals surface area contributed by atoms with Crippen LogP contribution in [0.1, 0.15) is 48.9 Å². The summed E-state index contributed by atoms with van der Waals surface area (Å²) in [5.41, 5.74) is 4.10. The topological polar surface area (TPSA) is 88.3 Å². The van der Waals surface area contributed by atoms with E-state index in [2.05, 4.69) is 38.0 Å². The second-order valence-corrected chi connectivity index (χ2v) is 9.96. The third-order valence-corrected chi connectivity index (χ3v) is 7.67. The molecule has 1 unspecified atom stereocenters. The van der Waals surface area contributed by atoms with Gasteiger partial charge in [0, 0.05) is 16.6 Å². The van der Waals surface area contributed by atoms with Crippen LogP contribution in [0.15, 0.2) is 24.5 Å². The van der Waals surface area contributed by atoms with Gasteiger partial charge in [-0.3, -0.25) is 9.58 Å². The van der Waals surface area contributed by atoms with Gasteiger partial charge in [0.15, 0.2) is 0 Å². The molecule has 1 saturated carbocycles. The van der Waals surface area contributed by atoms with Gasteiger partial charge in [-0.1, -0.05) is 11.6 Å². The van der Waals surface area contributed by atoms with E-state index < -0.39 is 0 Å². The Morgan fingerprint density at radius 3 is 2.67 bits per heavy atom. The molecule has 4 heterocycles. The number of ether oxygens (including phenoxy) is 1. The first-order valence-electron chi connectivity index (χ1n) is 11.8. The molecule has 3 fully saturated rings. The van der Waals surface area contributed by atoms with Crippen molar-refractivity contribution in [3.05, 3.63) is 40.8 Å². The number of hydrogen-bond acceptors (Lipinski definition) is 7. The lowest BCUT2D eigenvalue weighted by atomic mass is 9.88. The van der Waals surface area contributed by atoms with E-state index >= 15 is 0 Å². The number of likely N-dealkylation sites (tertiary alicyclic amines) is 1. The average Bonchev–Trinajstić information content (AvgIpc) is 3.47. The van der Waals surface area contributed by atoms with E-state index in [1.165, 1.54) is 12.8 Å². The van der Waals surface area contributed by atoms with Gasteiger partial charge in [0.2, 0.25) is 5.95 Å². The molecule has 1 aliphatic carbocycles. The monoisotopic (exact) mass is 468 g/mol. The lowest BCUT2D eigenvalue weighted by Gasteiger charge is -2.36. The van der Waals surface area contributed by atoms with Crippen LogP contribution in [0.4, 0.5) is 11.6 Å². The fraction of sp³-hybridized carbons (Fsp3) is 0.542. The molecule has 2 saturated heterocycles. The van der Waals surface area contributed by atoms with E-state index in [1.54, 1.807) is 0 Å². The standard InChI is InChI=1S/C24H29ClN6O2/c1-14-21(11-27-31(14)17-2-3-17)29-24-26-10-16-8-19(25)18(9-20(16)28-24)15-4-6-30(7-5-15)22-12-33-13-23(22)32/h8-11,15,17,22-23,32H,2-7,12-13H2,1H3,(H,26,28,29)/t22?,23-/m1/s1. The highest BCUT2D eigenvalue weighted by Gasteiger charge is 2.34. The van der Waals surface area contributed by atoms with Gasteiger partial charge in [0.05, 0.1) is 54.5 Å². The number of aromatic nitrogens is 4. The van der Waals surface area contributed by atoms with E-state index in [0.717, 1.165) is 58.8 Å². The van der Waals surface area contributed by atoms with Gasteiger partial charge in [0.25, 0.3) is 0 Å². The summed E-state index contributed by atoms with van der Waals surface area (Å²) in [6, 6.07) is 4.76. The number of rotatable bonds is 5. The Morgan fingerprint density at radius 2 is 1.94 bits per heavy atom. The maximum absolute atomic E-state index is 10.2. The Bertz CT molecular complexity index is 1170. The van der Waals surface area contributed by atoms with Crippen molar-refractivity contribution in [3.8, 4) is 0 Å². The number of halogens is 1. The summed E-state index contributed by atoms with van der Waals surface area (Å²) < 4.78 is 7.53. The van der Waals surface area contributed by atoms with Crippen molar-refractivity contribution < 1.29 is 9.84 Å². The zero-order chi connectivity index (χ0) is 22.5. The van der Waals surface area contributed by atoms with Crippen molar-refractivity contribution in [1.29, 1.82) is 0 Å². The van der Waals surface area contributed by atoms with Crippen LogP contribution in [0.25, 0.3) is 10.9 Å². The summed E-state index contributed by atoms with van der Waals surface area (Å²) in [5, 5.41) is 19.7. The first-order valence-corrected chi connectivity index (χ1v) is 12.2. The van der Waals surface area contributed by atoms with E-state index in [0.29, 0.717) is 31.1 Å². The average molecular weight is 469 g/mol. The highest BCUT2D eigenvalue weighted by molar-refractivity contribution is 6.32. The molecule has 3 aromatic rings. The van der Waals surface area contributed by atoms with Crippen molar-refractivity contribution in [2.24, 2.45) is 0 Å². The second kappa shape index (κ2) is 8.51. The van der Waals surface area contributed by atoms with Gasteiger partial charge in [-0.2, -0.15) is 5.10 Å². The minimum absolute atomic E-state index is 0.118. The SMILES string of the molecule is Cc1c(Nc2ncc3cc(Cl)c(C4CCN(C5COC[C@H]5O)CC4)cc3n2)cnn1C1CC1. The van der Waals surface area contributed by atoms with Gasteiger partial charge in [-0.05, 0) is 69.3 Å². The third-order valence-electron chi connectivity index (χ3n) is 7.34. The maximum atomic E-state index is 10.2. The van der Waals surface area contributed by atoms with E-state index in [4.69, 9.17) is 21.3 Å². The largest absolute Gasteiger partial charge is 0.389 e. The summed E-state index contributed by atoms with van der Waals surface area (Å²) >= 11 is 6.70. The molecular formula is C24H29ClN6O2. The lowest BCUT2D eigenvalue weighted by Crippen LogP contribution is -2.46. The summed E-state index contributed by atoms with van der Waals surface area (Å²) in [4.78, 5) is 11.6. The number of benzene rings is 1. The Hall–Kier alpha value is -2.26. The Balaban J connectivity index is 1.20. The highest BCUT2D eigenvalue weighted by Crippen LogP contribution is 2.38. The quantitative estimate of drug-likeness (QED) is 0.588. The highest BCUT2D eigenvalue weighted by atomic mass is 35.5. The molecule has 6 rings (SSSR count). The molecule has 33 heavy (non-hydrogen) atoms. The summed E-state index contributed by atoms with van der Waals surface area (Å²) in [6.07, 6.45) is 7.71. The Kier molecular flexibility index (Phi) is 5.49. The third kappa shape index (κ3) is 4.10. The first kappa shape index (κ1) is 21.3. The number of aliphatic hydroxyl groups is 1. The van der Waals surface area contributed by atoms with Gasteiger partial charge in [0.1, 0.15) is 0 Å². The van der Waals surface area contributed by atoms with Crippen LogP contribution in [0.5, 0.6) is 0 Å². The summed E-state index contributed by atoms with van der Waals surface area (Å²) in [7, 11) is 0. The molecule has 3 aliphatic rings. The van der Waals surface area contributed by atoms with Crippen molar-refractivity contribution in [2.75, 3.05) is 31.6 Å². The number of nitrogens with one attached hydrogen (secondary N) is 1. The first-order chi connectivity index (χ1) is 16.1. The second-order valence-electron chi connectivity index (χ2n) is 9.55. The van der Waals surface area contributed by atoms with Crippen molar-refractivity contribution in [1.82, 2.24) is 24.6 Å². The summed E-state index contributed by atoms with van der Waals surface area (Å²) in [5.74, 6) is 0.947. The number of aliphatic hydroxyl groups excluding tert-OH is 1. The molecule has 2 aliphatic heterocycles. The molecule has 0 radical (unpaired) electrons. The van der Waals surface area contributed by atoms with Crippen LogP contribution in [0.2, 0.25) is 5.02 Å². The fourth-order valence-electron chi connectivity index (χ4n) is 5.22. The zero-order valence-corrected chi connectivity index (χ0v) is 19.5. The van der Waals surface area contributed by atoms with Crippen LogP contribution < -0.4 is 5.32 Å². The molecule has 2 atom stereocenters. The fourth-order valence-corrected chi connectivity index (χ4v) is 5.54. The zero-order valence-electron chi connectivity index (χ0n) is 18.7. The van der Waals surface area contributed by atoms with Gasteiger partial charge < -0.3 is 15.2 Å². The van der Waals surface area contributed by atoms with Gasteiger partial charge in [-0.15, -0.1) is 0 Å². The number of hydrogen-bond donors (Lipinski definition) is 2. The van der Waals surface area contributed by atoms with Gasteiger partial charge in [-0.25, -0.2) is 9.97 Å². The number of piperidine rings is 1. The molecule has 8 nitrogen and oxygen atoms in total. The Labute approximate surface area is 197 Å². The normalized spacial score (nSPS) is 24.6. The molecule has 9 heteroatoms. The number of anilines is 2. The molecule has 0 bridgehead atoms. The molecule has 2 N–H and O–H groups in total. The van der Waals surface area contributed by atoms with E-state index in [9.17, 15) is 5.11 Å². The van der Waals surface area contributed by atoms with Crippen molar-refractivity contribution in [2.45, 2.75) is 56.7 Å². The van der Waals surface area contributed by atoms with Crippen LogP contribution in [-0.2, 0) is 4.74 Å². The van der Waals surface area contributed by atoms with Crippen LogP contribution in [0, 0.1) is 6.92 Å². The van der Waals surface area contributed by atoms with Gasteiger partial charge >= 0.3 is 0 Å².